The highest BCUT2D eigenvalue weighted by molar-refractivity contribution is 6.31. The van der Waals surface area contributed by atoms with E-state index in [2.05, 4.69) is 45.5 Å². The fourth-order valence-corrected chi connectivity index (χ4v) is 4.55. The minimum atomic E-state index is 0.688. The molecule has 1 N–H and O–H groups in total. The first-order valence-electron chi connectivity index (χ1n) is 10.6. The molecule has 0 aliphatic carbocycles. The highest BCUT2D eigenvalue weighted by atomic mass is 35.5. The Hall–Kier alpha value is -2.59. The first kappa shape index (κ1) is 20.3. The summed E-state index contributed by atoms with van der Waals surface area (Å²) in [6.07, 6.45) is 4.38. The maximum atomic E-state index is 6.15. The van der Waals surface area contributed by atoms with Gasteiger partial charge in [0.25, 0.3) is 0 Å². The van der Waals surface area contributed by atoms with E-state index in [1.165, 1.54) is 42.6 Å². The summed E-state index contributed by atoms with van der Waals surface area (Å²) in [6, 6.07) is 22.5. The Bertz CT molecular complexity index is 1220. The molecule has 4 aromatic rings. The molecule has 1 fully saturated rings. The summed E-state index contributed by atoms with van der Waals surface area (Å²) < 4.78 is 0. The highest BCUT2D eigenvalue weighted by Crippen LogP contribution is 2.33. The van der Waals surface area contributed by atoms with Crippen molar-refractivity contribution < 1.29 is 0 Å². The number of hydrogen-bond acceptors (Lipinski definition) is 3. The molecule has 1 aliphatic heterocycles. The van der Waals surface area contributed by atoms with Gasteiger partial charge in [0.15, 0.2) is 0 Å². The summed E-state index contributed by atoms with van der Waals surface area (Å²) >= 11 is 12.3. The van der Waals surface area contributed by atoms with Crippen LogP contribution in [0.4, 0.5) is 11.4 Å². The molecule has 156 valence electrons. The molecule has 3 aromatic carbocycles. The third-order valence-electron chi connectivity index (χ3n) is 5.84. The normalized spacial score (nSPS) is 14.3. The third-order valence-corrected chi connectivity index (χ3v) is 6.33. The van der Waals surface area contributed by atoms with Gasteiger partial charge in [0, 0.05) is 39.5 Å². The SMILES string of the molecule is Clc1ccc(-c2cc(Nc3ccnc4cc(Cl)ccc34)ccc2CN2CCCC2)cc1. The van der Waals surface area contributed by atoms with Crippen molar-refractivity contribution in [1.29, 1.82) is 0 Å². The Labute approximate surface area is 192 Å². The molecule has 3 nitrogen and oxygen atoms in total. The van der Waals surface area contributed by atoms with Crippen LogP contribution < -0.4 is 5.32 Å². The Morgan fingerprint density at radius 3 is 2.42 bits per heavy atom. The van der Waals surface area contributed by atoms with E-state index in [-0.39, 0.29) is 0 Å². The molecule has 0 spiro atoms. The average Bonchev–Trinajstić information content (AvgIpc) is 3.28. The van der Waals surface area contributed by atoms with Crippen molar-refractivity contribution in [2.45, 2.75) is 19.4 Å². The number of rotatable bonds is 5. The van der Waals surface area contributed by atoms with Crippen LogP contribution in [0.15, 0.2) is 72.9 Å². The minimum Gasteiger partial charge on any atom is -0.355 e. The zero-order chi connectivity index (χ0) is 21.2. The summed E-state index contributed by atoms with van der Waals surface area (Å²) in [7, 11) is 0. The van der Waals surface area contributed by atoms with Crippen LogP contribution >= 0.6 is 23.2 Å². The summed E-state index contributed by atoms with van der Waals surface area (Å²) in [5, 5.41) is 6.07. The molecule has 0 unspecified atom stereocenters. The number of aromatic nitrogens is 1. The predicted molar refractivity (Wildman–Crippen MR) is 131 cm³/mol. The minimum absolute atomic E-state index is 0.688. The Morgan fingerprint density at radius 2 is 1.61 bits per heavy atom. The molecule has 0 atom stereocenters. The zero-order valence-corrected chi connectivity index (χ0v) is 18.6. The van der Waals surface area contributed by atoms with E-state index in [1.54, 1.807) is 0 Å². The van der Waals surface area contributed by atoms with Crippen LogP contribution in [-0.2, 0) is 6.54 Å². The molecule has 0 radical (unpaired) electrons. The van der Waals surface area contributed by atoms with E-state index >= 15 is 0 Å². The largest absolute Gasteiger partial charge is 0.355 e. The lowest BCUT2D eigenvalue weighted by Gasteiger charge is -2.19. The molecule has 31 heavy (non-hydrogen) atoms. The second kappa shape index (κ2) is 8.88. The molecule has 1 aromatic heterocycles. The number of nitrogens with zero attached hydrogens (tertiary/aromatic N) is 2. The van der Waals surface area contributed by atoms with Gasteiger partial charge in [-0.05, 0) is 91.2 Å². The van der Waals surface area contributed by atoms with E-state index in [9.17, 15) is 0 Å². The van der Waals surface area contributed by atoms with E-state index in [1.807, 2.05) is 42.6 Å². The summed E-state index contributed by atoms with van der Waals surface area (Å²) in [4.78, 5) is 6.98. The molecule has 5 rings (SSSR count). The number of anilines is 2. The van der Waals surface area contributed by atoms with Gasteiger partial charge in [0.2, 0.25) is 0 Å². The second-order valence-corrected chi connectivity index (χ2v) is 8.88. The van der Waals surface area contributed by atoms with Crippen molar-refractivity contribution in [2.75, 3.05) is 18.4 Å². The van der Waals surface area contributed by atoms with Crippen molar-refractivity contribution >= 4 is 45.5 Å². The lowest BCUT2D eigenvalue weighted by molar-refractivity contribution is 0.332. The Balaban J connectivity index is 1.52. The summed E-state index contributed by atoms with van der Waals surface area (Å²) in [5.41, 5.74) is 6.67. The molecule has 2 heterocycles. The van der Waals surface area contributed by atoms with Gasteiger partial charge in [-0.15, -0.1) is 0 Å². The highest BCUT2D eigenvalue weighted by Gasteiger charge is 2.15. The zero-order valence-electron chi connectivity index (χ0n) is 17.1. The van der Waals surface area contributed by atoms with Gasteiger partial charge in [-0.1, -0.05) is 41.4 Å². The number of halogens is 2. The topological polar surface area (TPSA) is 28.2 Å². The molecular formula is C26H23Cl2N3. The first-order chi connectivity index (χ1) is 15.2. The lowest BCUT2D eigenvalue weighted by atomic mass is 9.98. The smallest absolute Gasteiger partial charge is 0.0737 e. The van der Waals surface area contributed by atoms with Gasteiger partial charge in [-0.3, -0.25) is 9.88 Å². The molecular weight excluding hydrogens is 425 g/mol. The van der Waals surface area contributed by atoms with Crippen LogP contribution in [0.25, 0.3) is 22.0 Å². The molecule has 0 amide bonds. The van der Waals surface area contributed by atoms with Gasteiger partial charge >= 0.3 is 0 Å². The third kappa shape index (κ3) is 4.54. The Morgan fingerprint density at radius 1 is 0.839 bits per heavy atom. The number of nitrogens with one attached hydrogen (secondary N) is 1. The fraction of sp³-hybridized carbons (Fsp3) is 0.192. The van der Waals surface area contributed by atoms with Gasteiger partial charge < -0.3 is 5.32 Å². The van der Waals surface area contributed by atoms with Crippen LogP contribution in [0, 0.1) is 0 Å². The number of likely N-dealkylation sites (tertiary alicyclic amines) is 1. The summed E-state index contributed by atoms with van der Waals surface area (Å²) in [5.74, 6) is 0. The molecule has 1 aliphatic rings. The maximum absolute atomic E-state index is 6.15. The van der Waals surface area contributed by atoms with Gasteiger partial charge in [-0.2, -0.15) is 0 Å². The van der Waals surface area contributed by atoms with E-state index in [4.69, 9.17) is 23.2 Å². The number of fused-ring (bicyclic) bond motifs is 1. The van der Waals surface area contributed by atoms with Gasteiger partial charge in [-0.25, -0.2) is 0 Å². The predicted octanol–water partition coefficient (Wildman–Crippen LogP) is 7.55. The van der Waals surface area contributed by atoms with Gasteiger partial charge in [0.1, 0.15) is 0 Å². The monoisotopic (exact) mass is 447 g/mol. The van der Waals surface area contributed by atoms with Crippen molar-refractivity contribution in [3.63, 3.8) is 0 Å². The van der Waals surface area contributed by atoms with Gasteiger partial charge in [0.05, 0.1) is 5.52 Å². The number of hydrogen-bond donors (Lipinski definition) is 1. The second-order valence-electron chi connectivity index (χ2n) is 8.01. The van der Waals surface area contributed by atoms with Crippen molar-refractivity contribution in [3.8, 4) is 11.1 Å². The van der Waals surface area contributed by atoms with Crippen LogP contribution in [0.3, 0.4) is 0 Å². The Kier molecular flexibility index (Phi) is 5.82. The number of pyridine rings is 1. The number of benzene rings is 3. The first-order valence-corrected chi connectivity index (χ1v) is 11.3. The van der Waals surface area contributed by atoms with Crippen molar-refractivity contribution in [1.82, 2.24) is 9.88 Å². The van der Waals surface area contributed by atoms with E-state index < -0.39 is 0 Å². The van der Waals surface area contributed by atoms with Crippen LogP contribution in [0.1, 0.15) is 18.4 Å². The van der Waals surface area contributed by atoms with E-state index in [0.717, 1.165) is 33.8 Å². The van der Waals surface area contributed by atoms with Crippen molar-refractivity contribution in [2.24, 2.45) is 0 Å². The quantitative estimate of drug-likeness (QED) is 0.342. The fourth-order valence-electron chi connectivity index (χ4n) is 4.26. The average molecular weight is 448 g/mol. The van der Waals surface area contributed by atoms with Crippen LogP contribution in [0.5, 0.6) is 0 Å². The summed E-state index contributed by atoms with van der Waals surface area (Å²) in [6.45, 7) is 3.31. The van der Waals surface area contributed by atoms with Crippen molar-refractivity contribution in [3.05, 3.63) is 88.5 Å². The maximum Gasteiger partial charge on any atom is 0.0737 e. The van der Waals surface area contributed by atoms with Crippen LogP contribution in [0.2, 0.25) is 10.0 Å². The molecule has 0 bridgehead atoms. The molecule has 1 saturated heterocycles. The standard InChI is InChI=1S/C26H23Cl2N3/c27-20-6-3-18(4-7-20)24-16-22(9-5-19(24)17-31-13-1-2-14-31)30-25-11-12-29-26-15-21(28)8-10-23(25)26/h3-12,15-16H,1-2,13-14,17H2,(H,29,30). The lowest BCUT2D eigenvalue weighted by Crippen LogP contribution is -2.18. The molecule has 5 heteroatoms. The molecule has 0 saturated carbocycles. The van der Waals surface area contributed by atoms with E-state index in [0.29, 0.717) is 5.02 Å². The van der Waals surface area contributed by atoms with Crippen LogP contribution in [-0.4, -0.2) is 23.0 Å².